The summed E-state index contributed by atoms with van der Waals surface area (Å²) in [7, 11) is 3.52. The molecule has 0 bridgehead atoms. The number of ether oxygens (including phenoxy) is 1. The molecule has 0 heterocycles. The Balaban J connectivity index is 2.78. The third-order valence-electron chi connectivity index (χ3n) is 0.554. The van der Waals surface area contributed by atoms with E-state index in [2.05, 4.69) is 10.1 Å². The molecule has 0 unspecified atom stereocenters. The molecule has 7 heavy (non-hydrogen) atoms. The van der Waals surface area contributed by atoms with E-state index in [0.29, 0.717) is 0 Å². The van der Waals surface area contributed by atoms with Crippen LogP contribution in [0, 0.1) is 0 Å². The highest BCUT2D eigenvalue weighted by Gasteiger charge is 1.65. The van der Waals surface area contributed by atoms with Gasteiger partial charge in [-0.2, -0.15) is 0 Å². The van der Waals surface area contributed by atoms with Crippen molar-refractivity contribution in [2.24, 2.45) is 0 Å². The van der Waals surface area contributed by atoms with Gasteiger partial charge in [0.05, 0.1) is 13.4 Å². The van der Waals surface area contributed by atoms with Crippen molar-refractivity contribution in [2.45, 2.75) is 0 Å². The van der Waals surface area contributed by atoms with Gasteiger partial charge in [-0.25, -0.2) is 0 Å². The zero-order chi connectivity index (χ0) is 5.54. The Hall–Kier alpha value is -0.500. The first-order valence-electron chi connectivity index (χ1n) is 2.24. The summed E-state index contributed by atoms with van der Waals surface area (Å²) in [6, 6.07) is 0. The highest BCUT2D eigenvalue weighted by atomic mass is 16.5. The van der Waals surface area contributed by atoms with Crippen LogP contribution in [-0.4, -0.2) is 20.7 Å². The van der Waals surface area contributed by atoms with Gasteiger partial charge in [0.1, 0.15) is 0 Å². The minimum atomic E-state index is 0.869. The zero-order valence-electron chi connectivity index (χ0n) is 4.77. The molecule has 0 aromatic heterocycles. The molecule has 2 nitrogen and oxygen atoms in total. The molecule has 0 aliphatic carbocycles. The molecule has 0 spiro atoms. The molecule has 0 rings (SSSR count). The van der Waals surface area contributed by atoms with Crippen LogP contribution in [0.5, 0.6) is 0 Å². The molecule has 42 valence electrons. The highest BCUT2D eigenvalue weighted by Crippen LogP contribution is 1.66. The van der Waals surface area contributed by atoms with Gasteiger partial charge in [0, 0.05) is 6.54 Å². The van der Waals surface area contributed by atoms with E-state index < -0.39 is 0 Å². The predicted octanol–water partition coefficient (Wildman–Crippen LogP) is 0.366. The average Bonchev–Trinajstić information content (AvgIpc) is 1.69. The van der Waals surface area contributed by atoms with Crippen LogP contribution in [0.25, 0.3) is 0 Å². The number of likely N-dealkylation sites (N-methyl/N-ethyl adjacent to an activating group) is 1. The standard InChI is InChI=1S/C5H11NO/c1-6-4-3-5-7-2/h3,5-6H,4H2,1-2H3. The van der Waals surface area contributed by atoms with Gasteiger partial charge in [-0.3, -0.25) is 0 Å². The Morgan fingerprint density at radius 3 is 2.86 bits per heavy atom. The van der Waals surface area contributed by atoms with Crippen LogP contribution in [0.15, 0.2) is 12.3 Å². The monoisotopic (exact) mass is 101 g/mol. The molecule has 0 fully saturated rings. The summed E-state index contributed by atoms with van der Waals surface area (Å²) in [6.07, 6.45) is 3.55. The minimum Gasteiger partial charge on any atom is -0.505 e. The molecule has 0 aliphatic rings. The maximum absolute atomic E-state index is 4.62. The summed E-state index contributed by atoms with van der Waals surface area (Å²) in [4.78, 5) is 0. The first kappa shape index (κ1) is 6.50. The molecule has 0 radical (unpaired) electrons. The van der Waals surface area contributed by atoms with Crippen molar-refractivity contribution in [2.75, 3.05) is 20.7 Å². The van der Waals surface area contributed by atoms with Crippen LogP contribution in [0.4, 0.5) is 0 Å². The molecular formula is C5H11NO. The molecule has 0 aliphatic heterocycles. The van der Waals surface area contributed by atoms with Crippen LogP contribution in [0.1, 0.15) is 0 Å². The quantitative estimate of drug-likeness (QED) is 0.518. The van der Waals surface area contributed by atoms with Gasteiger partial charge in [0.25, 0.3) is 0 Å². The zero-order valence-corrected chi connectivity index (χ0v) is 4.77. The van der Waals surface area contributed by atoms with Crippen molar-refractivity contribution in [3.05, 3.63) is 12.3 Å². The summed E-state index contributed by atoms with van der Waals surface area (Å²) >= 11 is 0. The number of nitrogens with one attached hydrogen (secondary N) is 1. The van der Waals surface area contributed by atoms with E-state index in [0.717, 1.165) is 6.54 Å². The highest BCUT2D eigenvalue weighted by molar-refractivity contribution is 4.74. The second-order valence-corrected chi connectivity index (χ2v) is 1.17. The number of rotatable bonds is 3. The largest absolute Gasteiger partial charge is 0.505 e. The molecule has 0 aromatic carbocycles. The van der Waals surface area contributed by atoms with Crippen molar-refractivity contribution >= 4 is 0 Å². The Labute approximate surface area is 44.2 Å². The molecule has 0 saturated heterocycles. The maximum atomic E-state index is 4.62. The SMILES string of the molecule is CNCC=COC. The average molecular weight is 101 g/mol. The Morgan fingerprint density at radius 2 is 2.43 bits per heavy atom. The molecule has 0 amide bonds. The van der Waals surface area contributed by atoms with Crippen LogP contribution in [-0.2, 0) is 4.74 Å². The lowest BCUT2D eigenvalue weighted by atomic mass is 10.6. The van der Waals surface area contributed by atoms with Crippen molar-refractivity contribution in [3.8, 4) is 0 Å². The van der Waals surface area contributed by atoms with Crippen molar-refractivity contribution < 1.29 is 4.74 Å². The van der Waals surface area contributed by atoms with E-state index in [1.165, 1.54) is 0 Å². The fraction of sp³-hybridized carbons (Fsp3) is 0.600. The van der Waals surface area contributed by atoms with E-state index in [9.17, 15) is 0 Å². The molecule has 1 N–H and O–H groups in total. The second-order valence-electron chi connectivity index (χ2n) is 1.17. The molecule has 0 atom stereocenters. The van der Waals surface area contributed by atoms with Crippen LogP contribution < -0.4 is 5.32 Å². The van der Waals surface area contributed by atoms with Gasteiger partial charge in [0.2, 0.25) is 0 Å². The van der Waals surface area contributed by atoms with E-state index in [-0.39, 0.29) is 0 Å². The lowest BCUT2D eigenvalue weighted by Crippen LogP contribution is -2.03. The number of hydrogen-bond acceptors (Lipinski definition) is 2. The van der Waals surface area contributed by atoms with Gasteiger partial charge in [0.15, 0.2) is 0 Å². The van der Waals surface area contributed by atoms with E-state index in [4.69, 9.17) is 0 Å². The van der Waals surface area contributed by atoms with Crippen molar-refractivity contribution in [1.82, 2.24) is 5.32 Å². The molecule has 0 aromatic rings. The second kappa shape index (κ2) is 5.50. The van der Waals surface area contributed by atoms with E-state index in [1.807, 2.05) is 13.1 Å². The van der Waals surface area contributed by atoms with Gasteiger partial charge in [-0.05, 0) is 13.1 Å². The number of hydrogen-bond donors (Lipinski definition) is 1. The van der Waals surface area contributed by atoms with Crippen molar-refractivity contribution in [3.63, 3.8) is 0 Å². The first-order valence-corrected chi connectivity index (χ1v) is 2.24. The van der Waals surface area contributed by atoms with E-state index in [1.54, 1.807) is 13.4 Å². The van der Waals surface area contributed by atoms with Gasteiger partial charge in [-0.1, -0.05) is 0 Å². The summed E-state index contributed by atoms with van der Waals surface area (Å²) in [5.74, 6) is 0. The summed E-state index contributed by atoms with van der Waals surface area (Å²) in [5.41, 5.74) is 0. The summed E-state index contributed by atoms with van der Waals surface area (Å²) in [6.45, 7) is 0.869. The van der Waals surface area contributed by atoms with Crippen LogP contribution in [0.3, 0.4) is 0 Å². The Kier molecular flexibility index (Phi) is 5.11. The topological polar surface area (TPSA) is 21.3 Å². The summed E-state index contributed by atoms with van der Waals surface area (Å²) in [5, 5.41) is 2.94. The molecule has 2 heteroatoms. The predicted molar refractivity (Wildman–Crippen MR) is 30.1 cm³/mol. The third kappa shape index (κ3) is 5.50. The normalized spacial score (nSPS) is 10.0. The third-order valence-corrected chi connectivity index (χ3v) is 0.554. The van der Waals surface area contributed by atoms with Gasteiger partial charge >= 0.3 is 0 Å². The minimum absolute atomic E-state index is 0.869. The smallest absolute Gasteiger partial charge is 0.0797 e. The molecular weight excluding hydrogens is 90.1 g/mol. The van der Waals surface area contributed by atoms with E-state index >= 15 is 0 Å². The Bertz CT molecular complexity index is 52.0. The number of methoxy groups -OCH3 is 1. The Morgan fingerprint density at radius 1 is 1.71 bits per heavy atom. The van der Waals surface area contributed by atoms with Crippen LogP contribution in [0.2, 0.25) is 0 Å². The van der Waals surface area contributed by atoms with Crippen molar-refractivity contribution in [1.29, 1.82) is 0 Å². The maximum Gasteiger partial charge on any atom is 0.0797 e. The first-order chi connectivity index (χ1) is 3.41. The van der Waals surface area contributed by atoms with Crippen LogP contribution >= 0.6 is 0 Å². The fourth-order valence-electron chi connectivity index (χ4n) is 0.262. The molecule has 0 saturated carbocycles. The lowest BCUT2D eigenvalue weighted by molar-refractivity contribution is 0.336. The lowest BCUT2D eigenvalue weighted by Gasteiger charge is -1.86. The van der Waals surface area contributed by atoms with Gasteiger partial charge < -0.3 is 10.1 Å². The fourth-order valence-corrected chi connectivity index (χ4v) is 0.262. The summed E-state index contributed by atoms with van der Waals surface area (Å²) < 4.78 is 4.62. The van der Waals surface area contributed by atoms with Gasteiger partial charge in [-0.15, -0.1) is 0 Å².